The summed E-state index contributed by atoms with van der Waals surface area (Å²) in [6.07, 6.45) is 0. The molecule has 0 bridgehead atoms. The van der Waals surface area contributed by atoms with Gasteiger partial charge in [-0.1, -0.05) is 18.3 Å². The quantitative estimate of drug-likeness (QED) is 0.801. The number of nitrogens with one attached hydrogen (secondary N) is 1. The van der Waals surface area contributed by atoms with Crippen LogP contribution in [-0.4, -0.2) is 29.9 Å². The van der Waals surface area contributed by atoms with Crippen LogP contribution >= 0.6 is 23.6 Å². The summed E-state index contributed by atoms with van der Waals surface area (Å²) in [4.78, 5) is 15.2. The van der Waals surface area contributed by atoms with Gasteiger partial charge in [-0.2, -0.15) is 5.26 Å². The molecule has 1 aliphatic heterocycles. The molecule has 7 heteroatoms. The Morgan fingerprint density at radius 2 is 2.30 bits per heavy atom. The summed E-state index contributed by atoms with van der Waals surface area (Å²) in [7, 11) is 3.34. The molecule has 0 saturated carbocycles. The van der Waals surface area contributed by atoms with Crippen molar-refractivity contribution in [2.75, 3.05) is 14.1 Å². The van der Waals surface area contributed by atoms with Crippen LogP contribution in [0.3, 0.4) is 0 Å². The lowest BCUT2D eigenvalue weighted by atomic mass is 9.81. The Hall–Kier alpha value is -1.91. The summed E-state index contributed by atoms with van der Waals surface area (Å²) >= 11 is 6.76. The second-order valence-electron chi connectivity index (χ2n) is 4.63. The van der Waals surface area contributed by atoms with Crippen molar-refractivity contribution in [1.82, 2.24) is 10.2 Å². The maximum Gasteiger partial charge on any atom is 0.233 e. The average Bonchev–Trinajstić information content (AvgIpc) is 2.90. The topological polar surface area (TPSA) is 82.2 Å². The Morgan fingerprint density at radius 1 is 1.60 bits per heavy atom. The zero-order valence-electron chi connectivity index (χ0n) is 11.1. The fourth-order valence-electron chi connectivity index (χ4n) is 2.20. The lowest BCUT2D eigenvalue weighted by Gasteiger charge is -2.33. The number of carbonyl (C=O) groups is 1. The molecule has 0 saturated heterocycles. The van der Waals surface area contributed by atoms with Gasteiger partial charge in [-0.15, -0.1) is 11.3 Å². The van der Waals surface area contributed by atoms with E-state index in [4.69, 9.17) is 18.0 Å². The van der Waals surface area contributed by atoms with Crippen molar-refractivity contribution in [3.05, 3.63) is 33.8 Å². The third-order valence-corrected chi connectivity index (χ3v) is 4.46. The van der Waals surface area contributed by atoms with Crippen LogP contribution in [0, 0.1) is 17.2 Å². The van der Waals surface area contributed by atoms with E-state index in [2.05, 4.69) is 11.4 Å². The van der Waals surface area contributed by atoms with Crippen LogP contribution in [0.2, 0.25) is 0 Å². The van der Waals surface area contributed by atoms with Gasteiger partial charge in [-0.05, 0) is 11.4 Å². The number of allylic oxidation sites excluding steroid dienone is 1. The molecule has 1 aromatic rings. The van der Waals surface area contributed by atoms with Crippen molar-refractivity contribution in [2.24, 2.45) is 11.7 Å². The summed E-state index contributed by atoms with van der Waals surface area (Å²) in [5.41, 5.74) is 6.22. The smallest absolute Gasteiger partial charge is 0.233 e. The molecule has 0 radical (unpaired) electrons. The number of carbonyl (C=O) groups excluding carboxylic acids is 1. The van der Waals surface area contributed by atoms with E-state index in [0.717, 1.165) is 4.88 Å². The Bertz CT molecular complexity index is 613. The Balaban J connectivity index is 2.57. The predicted octanol–water partition coefficient (Wildman–Crippen LogP) is 1.16. The second-order valence-corrected chi connectivity index (χ2v) is 6.05. The van der Waals surface area contributed by atoms with Crippen LogP contribution in [0.4, 0.5) is 0 Å². The van der Waals surface area contributed by atoms with Gasteiger partial charge in [0.15, 0.2) is 0 Å². The molecule has 5 nitrogen and oxygen atoms in total. The van der Waals surface area contributed by atoms with Crippen LogP contribution in [0.25, 0.3) is 0 Å². The molecule has 0 aromatic carbocycles. The molecular weight excluding hydrogens is 292 g/mol. The number of hydrogen-bond acceptors (Lipinski definition) is 5. The number of hydrogen-bond donors (Lipinski definition) is 2. The van der Waals surface area contributed by atoms with E-state index < -0.39 is 11.8 Å². The molecule has 0 spiro atoms. The molecule has 1 amide bonds. The third-order valence-electron chi connectivity index (χ3n) is 3.15. The lowest BCUT2D eigenvalue weighted by molar-refractivity contribution is -0.131. The van der Waals surface area contributed by atoms with Crippen molar-refractivity contribution in [3.63, 3.8) is 0 Å². The zero-order valence-corrected chi connectivity index (χ0v) is 12.7. The maximum atomic E-state index is 12.4. The van der Waals surface area contributed by atoms with E-state index in [1.54, 1.807) is 14.1 Å². The van der Waals surface area contributed by atoms with E-state index in [0.29, 0.717) is 10.6 Å². The highest BCUT2D eigenvalue weighted by Crippen LogP contribution is 2.39. The highest BCUT2D eigenvalue weighted by atomic mass is 32.1. The first-order chi connectivity index (χ1) is 9.47. The molecule has 1 aliphatic rings. The fourth-order valence-corrected chi connectivity index (χ4v) is 3.42. The van der Waals surface area contributed by atoms with Crippen LogP contribution in [0.5, 0.6) is 0 Å². The predicted molar refractivity (Wildman–Crippen MR) is 81.8 cm³/mol. The number of thiophene rings is 1. The van der Waals surface area contributed by atoms with Crippen molar-refractivity contribution < 1.29 is 4.79 Å². The van der Waals surface area contributed by atoms with E-state index in [-0.39, 0.29) is 11.7 Å². The SMILES string of the molecule is CN(C)C(=O)[C@H]1C(=S)NC(N)=C(C#N)[C@@H]1c1cccs1. The summed E-state index contributed by atoms with van der Waals surface area (Å²) in [6.45, 7) is 0. The fraction of sp³-hybridized carbons (Fsp3) is 0.308. The molecule has 0 aliphatic carbocycles. The average molecular weight is 306 g/mol. The van der Waals surface area contributed by atoms with E-state index >= 15 is 0 Å². The first-order valence-electron chi connectivity index (χ1n) is 5.92. The van der Waals surface area contributed by atoms with Gasteiger partial charge in [0.05, 0.1) is 22.5 Å². The van der Waals surface area contributed by atoms with Gasteiger partial charge >= 0.3 is 0 Å². The van der Waals surface area contributed by atoms with Crippen molar-refractivity contribution >= 4 is 34.5 Å². The van der Waals surface area contributed by atoms with Crippen LogP contribution in [0.1, 0.15) is 10.8 Å². The van der Waals surface area contributed by atoms with Gasteiger partial charge in [0.25, 0.3) is 0 Å². The molecule has 1 aromatic heterocycles. The van der Waals surface area contributed by atoms with Crippen LogP contribution < -0.4 is 11.1 Å². The number of nitriles is 1. The van der Waals surface area contributed by atoms with Gasteiger partial charge < -0.3 is 16.0 Å². The lowest BCUT2D eigenvalue weighted by Crippen LogP contribution is -2.48. The highest BCUT2D eigenvalue weighted by molar-refractivity contribution is 7.80. The number of thiocarbonyl (C=S) groups is 1. The monoisotopic (exact) mass is 306 g/mol. The number of amides is 1. The summed E-state index contributed by atoms with van der Waals surface area (Å²) in [5, 5.41) is 14.1. The summed E-state index contributed by atoms with van der Waals surface area (Å²) in [5.74, 6) is -0.913. The minimum absolute atomic E-state index is 0.138. The molecule has 2 atom stereocenters. The zero-order chi connectivity index (χ0) is 14.9. The third kappa shape index (κ3) is 2.40. The Morgan fingerprint density at radius 3 is 2.80 bits per heavy atom. The number of nitrogens with zero attached hydrogens (tertiary/aromatic N) is 2. The van der Waals surface area contributed by atoms with Gasteiger partial charge in [0, 0.05) is 19.0 Å². The maximum absolute atomic E-state index is 12.4. The van der Waals surface area contributed by atoms with Crippen molar-refractivity contribution in [1.29, 1.82) is 5.26 Å². The molecule has 0 unspecified atom stereocenters. The summed E-state index contributed by atoms with van der Waals surface area (Å²) in [6, 6.07) is 5.88. The van der Waals surface area contributed by atoms with E-state index in [1.165, 1.54) is 16.2 Å². The molecule has 104 valence electrons. The van der Waals surface area contributed by atoms with Gasteiger partial charge in [0.2, 0.25) is 5.91 Å². The van der Waals surface area contributed by atoms with Gasteiger partial charge in [-0.3, -0.25) is 4.79 Å². The molecule has 0 fully saturated rings. The standard InChI is InChI=1S/C13H14N4OS2/c1-17(2)13(18)10-9(8-4-3-5-20-8)7(6-14)11(15)16-12(10)19/h3-5,9-10H,15H2,1-2H3,(H,16,19)/t9-,10-/m1/s1. The molecular formula is C13H14N4OS2. The van der Waals surface area contributed by atoms with Gasteiger partial charge in [0.1, 0.15) is 11.7 Å². The van der Waals surface area contributed by atoms with E-state index in [9.17, 15) is 10.1 Å². The van der Waals surface area contributed by atoms with Crippen molar-refractivity contribution in [2.45, 2.75) is 5.92 Å². The minimum Gasteiger partial charge on any atom is -0.384 e. The van der Waals surface area contributed by atoms with Crippen LogP contribution in [-0.2, 0) is 4.79 Å². The summed E-state index contributed by atoms with van der Waals surface area (Å²) < 4.78 is 0. The highest BCUT2D eigenvalue weighted by Gasteiger charge is 2.41. The van der Waals surface area contributed by atoms with Crippen LogP contribution in [0.15, 0.2) is 28.9 Å². The second kappa shape index (κ2) is 5.61. The minimum atomic E-state index is -0.597. The molecule has 3 N–H and O–H groups in total. The largest absolute Gasteiger partial charge is 0.384 e. The van der Waals surface area contributed by atoms with Crippen molar-refractivity contribution in [3.8, 4) is 6.07 Å². The molecule has 2 heterocycles. The Labute approximate surface area is 126 Å². The van der Waals surface area contributed by atoms with E-state index in [1.807, 2.05) is 17.5 Å². The first kappa shape index (κ1) is 14.5. The number of rotatable bonds is 2. The Kier molecular flexibility index (Phi) is 4.06. The normalized spacial score (nSPS) is 22.1. The number of nitrogens with two attached hydrogens (primary N) is 1. The molecule has 20 heavy (non-hydrogen) atoms. The van der Waals surface area contributed by atoms with Gasteiger partial charge in [-0.25, -0.2) is 0 Å². The molecule has 2 rings (SSSR count). The first-order valence-corrected chi connectivity index (χ1v) is 7.21.